The Hall–Kier alpha value is -2.95. The van der Waals surface area contributed by atoms with E-state index in [9.17, 15) is 4.39 Å². The topological polar surface area (TPSA) is 43.2 Å². The van der Waals surface area contributed by atoms with Crippen molar-refractivity contribution >= 4 is 12.4 Å². The Bertz CT molecular complexity index is 709. The third-order valence-corrected chi connectivity index (χ3v) is 2.91. The molecule has 0 amide bonds. The highest BCUT2D eigenvalue weighted by molar-refractivity contribution is 5.82. The summed E-state index contributed by atoms with van der Waals surface area (Å²) in [6.07, 6.45) is 4.64. The molecule has 0 saturated heterocycles. The molecule has 2 aromatic rings. The van der Waals surface area contributed by atoms with E-state index in [-0.39, 0.29) is 12.4 Å². The van der Waals surface area contributed by atoms with E-state index in [2.05, 4.69) is 16.8 Å². The van der Waals surface area contributed by atoms with Gasteiger partial charge in [0.15, 0.2) is 11.6 Å². The van der Waals surface area contributed by atoms with Crippen molar-refractivity contribution in [3.63, 3.8) is 0 Å². The van der Waals surface area contributed by atoms with E-state index in [4.69, 9.17) is 9.47 Å². The molecular formula is C18H17FN2O2. The minimum atomic E-state index is -0.449. The third-order valence-electron chi connectivity index (χ3n) is 2.91. The summed E-state index contributed by atoms with van der Waals surface area (Å²) in [4.78, 5) is 0. The van der Waals surface area contributed by atoms with Crippen molar-refractivity contribution in [3.8, 4) is 11.5 Å². The summed E-state index contributed by atoms with van der Waals surface area (Å²) in [7, 11) is 1.61. The van der Waals surface area contributed by atoms with Gasteiger partial charge in [0.25, 0.3) is 0 Å². The smallest absolute Gasteiger partial charge is 0.165 e. The number of ether oxygens (including phenoxy) is 2. The van der Waals surface area contributed by atoms with E-state index in [0.29, 0.717) is 5.56 Å². The lowest BCUT2D eigenvalue weighted by atomic mass is 10.2. The van der Waals surface area contributed by atoms with Gasteiger partial charge in [-0.1, -0.05) is 12.7 Å². The van der Waals surface area contributed by atoms with Gasteiger partial charge in [-0.2, -0.15) is 10.2 Å². The molecule has 0 unspecified atom stereocenters. The van der Waals surface area contributed by atoms with Gasteiger partial charge in [0.05, 0.1) is 19.5 Å². The minimum absolute atomic E-state index is 0.184. The zero-order valence-electron chi connectivity index (χ0n) is 12.8. The summed E-state index contributed by atoms with van der Waals surface area (Å²) < 4.78 is 24.0. The van der Waals surface area contributed by atoms with Gasteiger partial charge in [0.2, 0.25) is 0 Å². The van der Waals surface area contributed by atoms with Gasteiger partial charge in [-0.15, -0.1) is 0 Å². The molecular weight excluding hydrogens is 295 g/mol. The van der Waals surface area contributed by atoms with Crippen LogP contribution in [-0.2, 0) is 0 Å². The van der Waals surface area contributed by atoms with Crippen LogP contribution >= 0.6 is 0 Å². The van der Waals surface area contributed by atoms with Crippen molar-refractivity contribution in [1.29, 1.82) is 0 Å². The molecule has 0 fully saturated rings. The average Bonchev–Trinajstić information content (AvgIpc) is 2.58. The van der Waals surface area contributed by atoms with Crippen LogP contribution in [0.5, 0.6) is 11.5 Å². The molecule has 23 heavy (non-hydrogen) atoms. The zero-order valence-corrected chi connectivity index (χ0v) is 12.8. The number of methoxy groups -OCH3 is 1. The Morgan fingerprint density at radius 2 is 1.70 bits per heavy atom. The molecule has 0 heterocycles. The fourth-order valence-corrected chi connectivity index (χ4v) is 1.75. The first kappa shape index (κ1) is 16.4. The Kier molecular flexibility index (Phi) is 6.06. The van der Waals surface area contributed by atoms with Crippen LogP contribution in [0, 0.1) is 5.82 Å². The summed E-state index contributed by atoms with van der Waals surface area (Å²) in [6.45, 7) is 3.78. The van der Waals surface area contributed by atoms with Gasteiger partial charge in [-0.05, 0) is 53.6 Å². The van der Waals surface area contributed by atoms with Gasteiger partial charge in [0.1, 0.15) is 12.4 Å². The summed E-state index contributed by atoms with van der Waals surface area (Å²) in [5.41, 5.74) is 1.49. The number of benzene rings is 2. The van der Waals surface area contributed by atoms with Gasteiger partial charge in [0, 0.05) is 0 Å². The van der Waals surface area contributed by atoms with Crippen molar-refractivity contribution in [2.24, 2.45) is 10.2 Å². The summed E-state index contributed by atoms with van der Waals surface area (Å²) in [5, 5.41) is 7.83. The van der Waals surface area contributed by atoms with Gasteiger partial charge >= 0.3 is 0 Å². The fourth-order valence-electron chi connectivity index (χ4n) is 1.75. The standard InChI is InChI=1S/C18H17FN2O2/c1-3-10-23-18-9-6-15(11-17(18)19)13-21-20-12-14-4-7-16(22-2)8-5-14/h3-9,11-13H,1,10H2,2H3/b20-12+,21-13-. The molecule has 0 aliphatic carbocycles. The third kappa shape index (κ3) is 5.07. The molecule has 0 bridgehead atoms. The molecule has 0 aromatic heterocycles. The number of hydrogen-bond acceptors (Lipinski definition) is 4. The lowest BCUT2D eigenvalue weighted by molar-refractivity contribution is 0.342. The largest absolute Gasteiger partial charge is 0.497 e. The molecule has 0 saturated carbocycles. The van der Waals surface area contributed by atoms with E-state index in [1.165, 1.54) is 12.3 Å². The maximum atomic E-state index is 13.7. The van der Waals surface area contributed by atoms with Crippen molar-refractivity contribution in [2.45, 2.75) is 0 Å². The van der Waals surface area contributed by atoms with Crippen molar-refractivity contribution in [1.82, 2.24) is 0 Å². The second kappa shape index (κ2) is 8.48. The molecule has 4 nitrogen and oxygen atoms in total. The first-order chi connectivity index (χ1) is 11.2. The summed E-state index contributed by atoms with van der Waals surface area (Å²) >= 11 is 0. The summed E-state index contributed by atoms with van der Waals surface area (Å²) in [6, 6.07) is 12.0. The minimum Gasteiger partial charge on any atom is -0.497 e. The van der Waals surface area contributed by atoms with E-state index < -0.39 is 5.82 Å². The van der Waals surface area contributed by atoms with Crippen molar-refractivity contribution in [2.75, 3.05) is 13.7 Å². The number of hydrogen-bond donors (Lipinski definition) is 0. The second-order valence-corrected chi connectivity index (χ2v) is 4.55. The first-order valence-corrected chi connectivity index (χ1v) is 6.96. The van der Waals surface area contributed by atoms with Crippen LogP contribution in [0.25, 0.3) is 0 Å². The fraction of sp³-hybridized carbons (Fsp3) is 0.111. The molecule has 5 heteroatoms. The van der Waals surface area contributed by atoms with Crippen LogP contribution < -0.4 is 9.47 Å². The monoisotopic (exact) mass is 312 g/mol. The molecule has 0 atom stereocenters. The molecule has 2 rings (SSSR count). The number of halogens is 1. The highest BCUT2D eigenvalue weighted by atomic mass is 19.1. The maximum absolute atomic E-state index is 13.7. The molecule has 0 aliphatic heterocycles. The Balaban J connectivity index is 1.97. The van der Waals surface area contributed by atoms with Crippen molar-refractivity contribution in [3.05, 3.63) is 72.1 Å². The molecule has 2 aromatic carbocycles. The summed E-state index contributed by atoms with van der Waals surface area (Å²) in [5.74, 6) is 0.513. The quantitative estimate of drug-likeness (QED) is 0.443. The molecule has 0 N–H and O–H groups in total. The Morgan fingerprint density at radius 3 is 2.30 bits per heavy atom. The Labute approximate surface area is 134 Å². The van der Waals surface area contributed by atoms with Gasteiger partial charge in [-0.25, -0.2) is 4.39 Å². The first-order valence-electron chi connectivity index (χ1n) is 6.96. The molecule has 0 aliphatic rings. The lowest BCUT2D eigenvalue weighted by Crippen LogP contribution is -1.96. The molecule has 0 spiro atoms. The van der Waals surface area contributed by atoms with E-state index >= 15 is 0 Å². The molecule has 0 radical (unpaired) electrons. The number of rotatable bonds is 7. The van der Waals surface area contributed by atoms with Gasteiger partial charge < -0.3 is 9.47 Å². The highest BCUT2D eigenvalue weighted by Gasteiger charge is 2.02. The van der Waals surface area contributed by atoms with Crippen LogP contribution in [0.15, 0.2) is 65.3 Å². The van der Waals surface area contributed by atoms with Crippen LogP contribution in [0.4, 0.5) is 4.39 Å². The van der Waals surface area contributed by atoms with Crippen molar-refractivity contribution < 1.29 is 13.9 Å². The second-order valence-electron chi connectivity index (χ2n) is 4.55. The van der Waals surface area contributed by atoms with Crippen LogP contribution in [0.2, 0.25) is 0 Å². The highest BCUT2D eigenvalue weighted by Crippen LogP contribution is 2.17. The SMILES string of the molecule is C=CCOc1ccc(/C=N\N=C\c2ccc(OC)cc2)cc1F. The van der Waals surface area contributed by atoms with E-state index in [1.807, 2.05) is 24.3 Å². The van der Waals surface area contributed by atoms with Gasteiger partial charge in [-0.3, -0.25) is 0 Å². The maximum Gasteiger partial charge on any atom is 0.165 e. The number of nitrogens with zero attached hydrogens (tertiary/aromatic N) is 2. The predicted octanol–water partition coefficient (Wildman–Crippen LogP) is 3.85. The zero-order chi connectivity index (χ0) is 16.5. The van der Waals surface area contributed by atoms with E-state index in [1.54, 1.807) is 31.5 Å². The normalized spacial score (nSPS) is 11.0. The van der Waals surface area contributed by atoms with Crippen LogP contribution in [-0.4, -0.2) is 26.1 Å². The Morgan fingerprint density at radius 1 is 1.04 bits per heavy atom. The van der Waals surface area contributed by atoms with Crippen LogP contribution in [0.3, 0.4) is 0 Å². The van der Waals surface area contributed by atoms with Crippen LogP contribution in [0.1, 0.15) is 11.1 Å². The average molecular weight is 312 g/mol. The lowest BCUT2D eigenvalue weighted by Gasteiger charge is -2.04. The predicted molar refractivity (Wildman–Crippen MR) is 90.3 cm³/mol. The van der Waals surface area contributed by atoms with E-state index in [0.717, 1.165) is 11.3 Å². The molecule has 118 valence electrons.